The molecule has 0 aromatic heterocycles. The maximum absolute atomic E-state index is 12.9. The minimum absolute atomic E-state index is 0.0354. The van der Waals surface area contributed by atoms with Crippen molar-refractivity contribution in [2.75, 3.05) is 18.1 Å². The minimum atomic E-state index is -3.75. The Morgan fingerprint density at radius 3 is 2.55 bits per heavy atom. The highest BCUT2D eigenvalue weighted by atomic mass is 32.2. The van der Waals surface area contributed by atoms with E-state index in [4.69, 9.17) is 0 Å². The van der Waals surface area contributed by atoms with Crippen LogP contribution in [0.1, 0.15) is 17.5 Å². The van der Waals surface area contributed by atoms with Gasteiger partial charge in [-0.2, -0.15) is 4.31 Å². The van der Waals surface area contributed by atoms with E-state index in [1.165, 1.54) is 10.4 Å². The molecule has 0 spiro atoms. The van der Waals surface area contributed by atoms with Crippen LogP contribution in [0.15, 0.2) is 35.7 Å². The van der Waals surface area contributed by atoms with Gasteiger partial charge in [0.05, 0.1) is 16.4 Å². The van der Waals surface area contributed by atoms with Crippen LogP contribution in [0.25, 0.3) is 0 Å². The highest BCUT2D eigenvalue weighted by Gasteiger charge is 2.38. The van der Waals surface area contributed by atoms with Gasteiger partial charge in [-0.1, -0.05) is 23.8 Å². The number of hydrogen-bond acceptors (Lipinski definition) is 4. The summed E-state index contributed by atoms with van der Waals surface area (Å²) in [6, 6.07) is 4.62. The van der Waals surface area contributed by atoms with E-state index in [2.05, 4.69) is 6.58 Å². The van der Waals surface area contributed by atoms with Gasteiger partial charge in [-0.25, -0.2) is 16.8 Å². The number of benzene rings is 1. The van der Waals surface area contributed by atoms with Gasteiger partial charge in [-0.05, 0) is 31.9 Å². The van der Waals surface area contributed by atoms with Gasteiger partial charge < -0.3 is 0 Å². The van der Waals surface area contributed by atoms with Crippen molar-refractivity contribution in [2.45, 2.75) is 31.2 Å². The molecule has 1 atom stereocenters. The number of hydrogen-bond donors (Lipinski definition) is 0. The summed E-state index contributed by atoms with van der Waals surface area (Å²) in [5.74, 6) is -0.0846. The van der Waals surface area contributed by atoms with Gasteiger partial charge >= 0.3 is 0 Å². The highest BCUT2D eigenvalue weighted by molar-refractivity contribution is 7.92. The molecule has 0 bridgehead atoms. The molecule has 1 fully saturated rings. The molecule has 7 heteroatoms. The maximum atomic E-state index is 12.9. The van der Waals surface area contributed by atoms with Crippen LogP contribution >= 0.6 is 0 Å². The third kappa shape index (κ3) is 3.42. The van der Waals surface area contributed by atoms with Crippen LogP contribution in [0.5, 0.6) is 0 Å². The second-order valence-corrected chi connectivity index (χ2v) is 9.78. The predicted molar refractivity (Wildman–Crippen MR) is 87.1 cm³/mol. The fraction of sp³-hybridized carbons (Fsp3) is 0.467. The van der Waals surface area contributed by atoms with Gasteiger partial charge in [0.25, 0.3) is 0 Å². The van der Waals surface area contributed by atoms with Crippen molar-refractivity contribution in [3.63, 3.8) is 0 Å². The summed E-state index contributed by atoms with van der Waals surface area (Å²) in [4.78, 5) is 0.226. The second kappa shape index (κ2) is 6.14. The molecule has 22 heavy (non-hydrogen) atoms. The number of sulfonamides is 1. The third-order valence-corrected chi connectivity index (χ3v) is 7.67. The quantitative estimate of drug-likeness (QED) is 0.763. The standard InChI is InChI=1S/C15H21NO4S2/c1-4-8-16(14-7-9-21(17,18)11-14)22(19,20)15-6-5-12(2)10-13(15)3/h4-6,10,14H,1,7-9,11H2,2-3H3/t14-/m1/s1. The molecule has 2 rings (SSSR count). The summed E-state index contributed by atoms with van der Waals surface area (Å²) in [5.41, 5.74) is 1.64. The zero-order chi connectivity index (χ0) is 16.5. The first kappa shape index (κ1) is 17.2. The molecule has 1 heterocycles. The molecule has 0 radical (unpaired) electrons. The highest BCUT2D eigenvalue weighted by Crippen LogP contribution is 2.27. The first-order chi connectivity index (χ1) is 10.2. The SMILES string of the molecule is C=CCN([C@@H]1CCS(=O)(=O)C1)S(=O)(=O)c1ccc(C)cc1C. The van der Waals surface area contributed by atoms with Crippen LogP contribution in [0, 0.1) is 13.8 Å². The van der Waals surface area contributed by atoms with Gasteiger partial charge in [0.15, 0.2) is 9.84 Å². The molecule has 0 aliphatic carbocycles. The Balaban J connectivity index is 2.44. The van der Waals surface area contributed by atoms with Gasteiger partial charge in [-0.15, -0.1) is 6.58 Å². The molecule has 0 unspecified atom stereocenters. The van der Waals surface area contributed by atoms with E-state index >= 15 is 0 Å². The van der Waals surface area contributed by atoms with Crippen molar-refractivity contribution < 1.29 is 16.8 Å². The smallest absolute Gasteiger partial charge is 0.229 e. The Kier molecular flexibility index (Phi) is 4.79. The van der Waals surface area contributed by atoms with E-state index < -0.39 is 25.9 Å². The van der Waals surface area contributed by atoms with Crippen LogP contribution in [-0.4, -0.2) is 45.2 Å². The third-order valence-electron chi connectivity index (χ3n) is 3.84. The van der Waals surface area contributed by atoms with Gasteiger partial charge in [0.1, 0.15) is 0 Å². The topological polar surface area (TPSA) is 71.5 Å². The van der Waals surface area contributed by atoms with Crippen LogP contribution in [-0.2, 0) is 19.9 Å². The maximum Gasteiger partial charge on any atom is 0.243 e. The summed E-state index contributed by atoms with van der Waals surface area (Å²) in [6.07, 6.45) is 1.83. The number of sulfone groups is 1. The molecule has 0 saturated carbocycles. The van der Waals surface area contributed by atoms with Crippen LogP contribution in [0.4, 0.5) is 0 Å². The lowest BCUT2D eigenvalue weighted by atomic mass is 10.2. The average Bonchev–Trinajstić information content (AvgIpc) is 2.75. The molecule has 1 aliphatic rings. The van der Waals surface area contributed by atoms with E-state index in [1.54, 1.807) is 19.1 Å². The van der Waals surface area contributed by atoms with E-state index in [9.17, 15) is 16.8 Å². The predicted octanol–water partition coefficient (Wildman–Crippen LogP) is 1.67. The summed E-state index contributed by atoms with van der Waals surface area (Å²) >= 11 is 0. The van der Waals surface area contributed by atoms with Crippen molar-refractivity contribution in [1.82, 2.24) is 4.31 Å². The Morgan fingerprint density at radius 1 is 1.36 bits per heavy atom. The van der Waals surface area contributed by atoms with Crippen molar-refractivity contribution in [2.24, 2.45) is 0 Å². The lowest BCUT2D eigenvalue weighted by molar-refractivity contribution is 0.367. The molecule has 0 N–H and O–H groups in total. The molecule has 1 aromatic carbocycles. The summed E-state index contributed by atoms with van der Waals surface area (Å²) in [7, 11) is -6.91. The van der Waals surface area contributed by atoms with Crippen LogP contribution in [0.3, 0.4) is 0 Å². The normalized spacial score (nSPS) is 21.1. The fourth-order valence-corrected chi connectivity index (χ4v) is 6.45. The van der Waals surface area contributed by atoms with Gasteiger partial charge in [0.2, 0.25) is 10.0 Å². The first-order valence-corrected chi connectivity index (χ1v) is 10.3. The fourth-order valence-electron chi connectivity index (χ4n) is 2.79. The average molecular weight is 343 g/mol. The van der Waals surface area contributed by atoms with Gasteiger partial charge in [0, 0.05) is 12.6 Å². The van der Waals surface area contributed by atoms with Crippen molar-refractivity contribution in [3.8, 4) is 0 Å². The molecule has 1 aliphatic heterocycles. The summed E-state index contributed by atoms with van der Waals surface area (Å²) in [5, 5.41) is 0. The van der Waals surface area contributed by atoms with E-state index in [-0.39, 0.29) is 22.9 Å². The monoisotopic (exact) mass is 343 g/mol. The summed E-state index contributed by atoms with van der Waals surface area (Å²) < 4.78 is 50.5. The minimum Gasteiger partial charge on any atom is -0.229 e. The Bertz CT molecular complexity index is 782. The zero-order valence-electron chi connectivity index (χ0n) is 12.8. The number of nitrogens with zero attached hydrogens (tertiary/aromatic N) is 1. The second-order valence-electron chi connectivity index (χ2n) is 5.69. The Morgan fingerprint density at radius 2 is 2.05 bits per heavy atom. The number of aryl methyl sites for hydroxylation is 2. The lowest BCUT2D eigenvalue weighted by Crippen LogP contribution is -2.41. The zero-order valence-corrected chi connectivity index (χ0v) is 14.5. The molecule has 5 nitrogen and oxygen atoms in total. The van der Waals surface area contributed by atoms with Crippen LogP contribution < -0.4 is 0 Å². The molecular formula is C15H21NO4S2. The van der Waals surface area contributed by atoms with E-state index in [1.807, 2.05) is 13.0 Å². The van der Waals surface area contributed by atoms with Gasteiger partial charge in [-0.3, -0.25) is 0 Å². The van der Waals surface area contributed by atoms with Crippen molar-refractivity contribution in [3.05, 3.63) is 42.0 Å². The largest absolute Gasteiger partial charge is 0.243 e. The Hall–Kier alpha value is -1.18. The lowest BCUT2D eigenvalue weighted by Gasteiger charge is -2.27. The molecular weight excluding hydrogens is 322 g/mol. The van der Waals surface area contributed by atoms with Crippen molar-refractivity contribution >= 4 is 19.9 Å². The van der Waals surface area contributed by atoms with Crippen molar-refractivity contribution in [1.29, 1.82) is 0 Å². The van der Waals surface area contributed by atoms with E-state index in [0.717, 1.165) is 5.56 Å². The van der Waals surface area contributed by atoms with E-state index in [0.29, 0.717) is 12.0 Å². The number of rotatable bonds is 5. The van der Waals surface area contributed by atoms with Crippen LogP contribution in [0.2, 0.25) is 0 Å². The first-order valence-electron chi connectivity index (χ1n) is 7.08. The molecule has 1 saturated heterocycles. The summed E-state index contributed by atoms with van der Waals surface area (Å²) in [6.45, 7) is 7.35. The molecule has 122 valence electrons. The molecule has 0 amide bonds. The molecule has 1 aromatic rings. The Labute approximate surface area is 132 Å².